The molecule has 3 rings (SSSR count). The molecule has 0 aromatic carbocycles. The lowest BCUT2D eigenvalue weighted by atomic mass is 10.2. The van der Waals surface area contributed by atoms with Crippen molar-refractivity contribution >= 4 is 0 Å². The molecule has 0 aliphatic carbocycles. The molecule has 0 aliphatic rings. The van der Waals surface area contributed by atoms with Crippen LogP contribution in [0.15, 0.2) is 46.0 Å². The molecule has 0 saturated heterocycles. The Balaban J connectivity index is 1.58. The van der Waals surface area contributed by atoms with Gasteiger partial charge in [0.1, 0.15) is 6.26 Å². The molecule has 3 aromatic rings. The first-order valence-electron chi connectivity index (χ1n) is 6.81. The second-order valence-electron chi connectivity index (χ2n) is 4.92. The van der Waals surface area contributed by atoms with Crippen molar-refractivity contribution in [3.8, 4) is 11.4 Å². The molecule has 7 nitrogen and oxygen atoms in total. The molecule has 2 atom stereocenters. The Labute approximate surface area is 122 Å². The molecular weight excluding hydrogens is 270 g/mol. The summed E-state index contributed by atoms with van der Waals surface area (Å²) in [5.74, 6) is 1.08. The Morgan fingerprint density at radius 3 is 3.00 bits per heavy atom. The highest BCUT2D eigenvalue weighted by molar-refractivity contribution is 5.51. The molecule has 0 bridgehead atoms. The van der Waals surface area contributed by atoms with Crippen molar-refractivity contribution in [2.75, 3.05) is 0 Å². The molecule has 0 saturated carbocycles. The summed E-state index contributed by atoms with van der Waals surface area (Å²) in [5, 5.41) is 11.5. The maximum atomic E-state index is 5.22. The molecule has 0 spiro atoms. The zero-order valence-electron chi connectivity index (χ0n) is 11.9. The SMILES string of the molecule is C[C@H](NCc1nc(-c2ccoc2)no1)[C@H](C)n1cccn1. The van der Waals surface area contributed by atoms with Crippen molar-refractivity contribution < 1.29 is 8.94 Å². The van der Waals surface area contributed by atoms with Crippen LogP contribution in [-0.4, -0.2) is 26.0 Å². The summed E-state index contributed by atoms with van der Waals surface area (Å²) in [4.78, 5) is 4.32. The van der Waals surface area contributed by atoms with Gasteiger partial charge in [-0.05, 0) is 26.0 Å². The van der Waals surface area contributed by atoms with Gasteiger partial charge in [-0.2, -0.15) is 10.1 Å². The van der Waals surface area contributed by atoms with Gasteiger partial charge in [0.25, 0.3) is 0 Å². The molecule has 3 heterocycles. The van der Waals surface area contributed by atoms with Crippen molar-refractivity contribution in [3.05, 3.63) is 42.9 Å². The van der Waals surface area contributed by atoms with Gasteiger partial charge in [0.2, 0.25) is 11.7 Å². The minimum Gasteiger partial charge on any atom is -0.472 e. The lowest BCUT2D eigenvalue weighted by Gasteiger charge is -2.20. The number of aromatic nitrogens is 4. The number of hydrogen-bond acceptors (Lipinski definition) is 6. The Morgan fingerprint density at radius 2 is 2.29 bits per heavy atom. The van der Waals surface area contributed by atoms with Crippen LogP contribution in [0.3, 0.4) is 0 Å². The average molecular weight is 287 g/mol. The molecular formula is C14H17N5O2. The third-order valence-corrected chi connectivity index (χ3v) is 3.49. The number of hydrogen-bond donors (Lipinski definition) is 1. The van der Waals surface area contributed by atoms with Gasteiger partial charge in [-0.15, -0.1) is 0 Å². The predicted octanol–water partition coefficient (Wildman–Crippen LogP) is 2.27. The number of nitrogens with one attached hydrogen (secondary N) is 1. The molecule has 7 heteroatoms. The van der Waals surface area contributed by atoms with Gasteiger partial charge in [-0.1, -0.05) is 5.16 Å². The topological polar surface area (TPSA) is 81.9 Å². The Hall–Kier alpha value is -2.41. The first-order valence-corrected chi connectivity index (χ1v) is 6.81. The zero-order chi connectivity index (χ0) is 14.7. The van der Waals surface area contributed by atoms with E-state index in [1.165, 1.54) is 0 Å². The molecule has 0 radical (unpaired) electrons. The molecule has 3 aromatic heterocycles. The van der Waals surface area contributed by atoms with Crippen LogP contribution in [0.5, 0.6) is 0 Å². The molecule has 0 fully saturated rings. The van der Waals surface area contributed by atoms with Gasteiger partial charge in [-0.3, -0.25) is 4.68 Å². The van der Waals surface area contributed by atoms with Crippen LogP contribution < -0.4 is 5.32 Å². The highest BCUT2D eigenvalue weighted by Crippen LogP contribution is 2.16. The highest BCUT2D eigenvalue weighted by Gasteiger charge is 2.15. The summed E-state index contributed by atoms with van der Waals surface area (Å²) in [6.07, 6.45) is 6.90. The zero-order valence-corrected chi connectivity index (χ0v) is 11.9. The summed E-state index contributed by atoms with van der Waals surface area (Å²) < 4.78 is 12.1. The van der Waals surface area contributed by atoms with Crippen LogP contribution in [0.4, 0.5) is 0 Å². The summed E-state index contributed by atoms with van der Waals surface area (Å²) in [7, 11) is 0. The minimum atomic E-state index is 0.217. The van der Waals surface area contributed by atoms with Gasteiger partial charge >= 0.3 is 0 Å². The number of furan rings is 1. The van der Waals surface area contributed by atoms with E-state index < -0.39 is 0 Å². The van der Waals surface area contributed by atoms with E-state index in [0.29, 0.717) is 18.3 Å². The van der Waals surface area contributed by atoms with Crippen LogP contribution in [0.1, 0.15) is 25.8 Å². The molecule has 0 aliphatic heterocycles. The third kappa shape index (κ3) is 3.03. The molecule has 21 heavy (non-hydrogen) atoms. The Morgan fingerprint density at radius 1 is 1.38 bits per heavy atom. The smallest absolute Gasteiger partial charge is 0.240 e. The van der Waals surface area contributed by atoms with E-state index in [9.17, 15) is 0 Å². The Kier molecular flexibility index (Phi) is 3.83. The highest BCUT2D eigenvalue weighted by atomic mass is 16.5. The van der Waals surface area contributed by atoms with Crippen molar-refractivity contribution in [1.82, 2.24) is 25.2 Å². The summed E-state index contributed by atoms with van der Waals surface area (Å²) in [6.45, 7) is 4.71. The van der Waals surface area contributed by atoms with E-state index in [1.54, 1.807) is 24.8 Å². The monoisotopic (exact) mass is 287 g/mol. The average Bonchev–Trinajstić information content (AvgIpc) is 3.25. The van der Waals surface area contributed by atoms with Gasteiger partial charge in [0, 0.05) is 18.4 Å². The second-order valence-corrected chi connectivity index (χ2v) is 4.92. The van der Waals surface area contributed by atoms with Crippen LogP contribution >= 0.6 is 0 Å². The fraction of sp³-hybridized carbons (Fsp3) is 0.357. The van der Waals surface area contributed by atoms with Crippen molar-refractivity contribution in [3.63, 3.8) is 0 Å². The minimum absolute atomic E-state index is 0.217. The largest absolute Gasteiger partial charge is 0.472 e. The van der Waals surface area contributed by atoms with E-state index in [2.05, 4.69) is 34.4 Å². The molecule has 0 amide bonds. The normalized spacial score (nSPS) is 14.2. The van der Waals surface area contributed by atoms with E-state index in [-0.39, 0.29) is 12.1 Å². The summed E-state index contributed by atoms with van der Waals surface area (Å²) in [6, 6.07) is 4.16. The van der Waals surface area contributed by atoms with Gasteiger partial charge in [0.15, 0.2) is 0 Å². The lowest BCUT2D eigenvalue weighted by Crippen LogP contribution is -2.33. The van der Waals surface area contributed by atoms with Crippen LogP contribution in [0.25, 0.3) is 11.4 Å². The fourth-order valence-electron chi connectivity index (χ4n) is 2.01. The van der Waals surface area contributed by atoms with Gasteiger partial charge in [-0.25, -0.2) is 0 Å². The lowest BCUT2D eigenvalue weighted by molar-refractivity contribution is 0.325. The van der Waals surface area contributed by atoms with E-state index in [1.807, 2.05) is 16.9 Å². The van der Waals surface area contributed by atoms with Crippen LogP contribution in [0.2, 0.25) is 0 Å². The maximum Gasteiger partial charge on any atom is 0.240 e. The van der Waals surface area contributed by atoms with Crippen LogP contribution in [0, 0.1) is 0 Å². The van der Waals surface area contributed by atoms with Crippen LogP contribution in [-0.2, 0) is 6.54 Å². The molecule has 0 unspecified atom stereocenters. The fourth-order valence-corrected chi connectivity index (χ4v) is 2.01. The summed E-state index contributed by atoms with van der Waals surface area (Å²) >= 11 is 0. The third-order valence-electron chi connectivity index (χ3n) is 3.49. The predicted molar refractivity (Wildman–Crippen MR) is 75.2 cm³/mol. The van der Waals surface area contributed by atoms with Crippen molar-refractivity contribution in [1.29, 1.82) is 0 Å². The van der Waals surface area contributed by atoms with Crippen molar-refractivity contribution in [2.45, 2.75) is 32.5 Å². The quantitative estimate of drug-likeness (QED) is 0.749. The first-order chi connectivity index (χ1) is 10.2. The van der Waals surface area contributed by atoms with Crippen molar-refractivity contribution in [2.24, 2.45) is 0 Å². The number of nitrogens with zero attached hydrogens (tertiary/aromatic N) is 4. The number of rotatable bonds is 6. The molecule has 110 valence electrons. The van der Waals surface area contributed by atoms with Gasteiger partial charge in [0.05, 0.1) is 24.4 Å². The van der Waals surface area contributed by atoms with E-state index in [4.69, 9.17) is 8.94 Å². The Bertz CT molecular complexity index is 659. The van der Waals surface area contributed by atoms with E-state index in [0.717, 1.165) is 5.56 Å². The summed E-state index contributed by atoms with van der Waals surface area (Å²) in [5.41, 5.74) is 0.808. The maximum absolute atomic E-state index is 5.22. The molecule has 1 N–H and O–H groups in total. The van der Waals surface area contributed by atoms with E-state index >= 15 is 0 Å². The first kappa shape index (κ1) is 13.6. The standard InChI is InChI=1S/C14H17N5O2/c1-10(11(2)19-6-3-5-16-19)15-8-13-17-14(18-21-13)12-4-7-20-9-12/h3-7,9-11,15H,8H2,1-2H3/t10-,11-/m0/s1. The van der Waals surface area contributed by atoms with Gasteiger partial charge < -0.3 is 14.3 Å². The second kappa shape index (κ2) is 5.92.